The second-order valence-corrected chi connectivity index (χ2v) is 5.16. The number of piperidine rings is 1. The van der Waals surface area contributed by atoms with E-state index in [4.69, 9.17) is 5.11 Å². The van der Waals surface area contributed by atoms with Gasteiger partial charge in [0, 0.05) is 7.05 Å². The van der Waals surface area contributed by atoms with Crippen LogP contribution in [-0.4, -0.2) is 46.9 Å². The van der Waals surface area contributed by atoms with Crippen LogP contribution in [0.15, 0.2) is 30.3 Å². The van der Waals surface area contributed by atoms with Crippen LogP contribution in [-0.2, 0) is 20.8 Å². The molecule has 21 heavy (non-hydrogen) atoms. The van der Waals surface area contributed by atoms with Crippen LogP contribution in [0.1, 0.15) is 18.4 Å². The molecule has 6 nitrogen and oxygen atoms in total. The molecular formula is C15H18N2O4. The number of hydrogen-bond donors (Lipinski definition) is 2. The molecule has 0 radical (unpaired) electrons. The van der Waals surface area contributed by atoms with Crippen molar-refractivity contribution in [3.05, 3.63) is 35.9 Å². The van der Waals surface area contributed by atoms with Gasteiger partial charge in [0.1, 0.15) is 12.1 Å². The van der Waals surface area contributed by atoms with E-state index in [9.17, 15) is 14.4 Å². The van der Waals surface area contributed by atoms with Crippen LogP contribution >= 0.6 is 0 Å². The number of carbonyl (C=O) groups excluding carboxylic acids is 2. The summed E-state index contributed by atoms with van der Waals surface area (Å²) in [7, 11) is 1.45. The van der Waals surface area contributed by atoms with Crippen LogP contribution in [0.5, 0.6) is 0 Å². The van der Waals surface area contributed by atoms with Crippen molar-refractivity contribution in [2.24, 2.45) is 0 Å². The molecule has 2 atom stereocenters. The first-order valence-electron chi connectivity index (χ1n) is 6.82. The van der Waals surface area contributed by atoms with Crippen LogP contribution in [0, 0.1) is 0 Å². The molecule has 2 unspecified atom stereocenters. The van der Waals surface area contributed by atoms with Gasteiger partial charge in [0.2, 0.25) is 11.8 Å². The molecule has 1 aromatic rings. The Labute approximate surface area is 122 Å². The van der Waals surface area contributed by atoms with Gasteiger partial charge in [-0.1, -0.05) is 30.3 Å². The number of likely N-dealkylation sites (N-methyl/N-ethyl adjacent to an activating group) is 1. The summed E-state index contributed by atoms with van der Waals surface area (Å²) in [6, 6.07) is 7.80. The summed E-state index contributed by atoms with van der Waals surface area (Å²) in [5.74, 6) is -1.60. The molecule has 2 rings (SSSR count). The zero-order valence-corrected chi connectivity index (χ0v) is 11.8. The van der Waals surface area contributed by atoms with Crippen LogP contribution in [0.4, 0.5) is 0 Å². The summed E-state index contributed by atoms with van der Waals surface area (Å²) in [5, 5.41) is 11.7. The third-order valence-corrected chi connectivity index (χ3v) is 3.67. The van der Waals surface area contributed by atoms with Gasteiger partial charge in [-0.3, -0.25) is 9.59 Å². The lowest BCUT2D eigenvalue weighted by Crippen LogP contribution is -2.56. The fourth-order valence-electron chi connectivity index (χ4n) is 2.49. The minimum atomic E-state index is -1.01. The molecule has 0 saturated carbocycles. The summed E-state index contributed by atoms with van der Waals surface area (Å²) < 4.78 is 0. The van der Waals surface area contributed by atoms with Gasteiger partial charge in [0.05, 0.1) is 6.42 Å². The molecule has 2 amide bonds. The molecule has 1 heterocycles. The van der Waals surface area contributed by atoms with Gasteiger partial charge in [-0.25, -0.2) is 4.79 Å². The number of likely N-dealkylation sites (tertiary alicyclic amines) is 1. The van der Waals surface area contributed by atoms with Crippen molar-refractivity contribution in [2.45, 2.75) is 31.3 Å². The number of amides is 2. The van der Waals surface area contributed by atoms with E-state index in [1.807, 2.05) is 30.3 Å². The van der Waals surface area contributed by atoms with Crippen LogP contribution in [0.3, 0.4) is 0 Å². The Balaban J connectivity index is 1.93. The van der Waals surface area contributed by atoms with Crippen molar-refractivity contribution in [3.8, 4) is 0 Å². The van der Waals surface area contributed by atoms with Crippen molar-refractivity contribution in [1.29, 1.82) is 0 Å². The van der Waals surface area contributed by atoms with Crippen molar-refractivity contribution in [1.82, 2.24) is 10.2 Å². The number of hydrogen-bond acceptors (Lipinski definition) is 3. The maximum Gasteiger partial charge on any atom is 0.326 e. The molecule has 1 saturated heterocycles. The molecule has 112 valence electrons. The first-order valence-corrected chi connectivity index (χ1v) is 6.82. The smallest absolute Gasteiger partial charge is 0.326 e. The lowest BCUT2D eigenvalue weighted by atomic mass is 9.98. The Morgan fingerprint density at radius 1 is 1.29 bits per heavy atom. The van der Waals surface area contributed by atoms with Gasteiger partial charge >= 0.3 is 5.97 Å². The van der Waals surface area contributed by atoms with Gasteiger partial charge in [0.15, 0.2) is 0 Å². The summed E-state index contributed by atoms with van der Waals surface area (Å²) in [6.07, 6.45) is 0.894. The number of carbonyl (C=O) groups is 3. The zero-order chi connectivity index (χ0) is 15.4. The van der Waals surface area contributed by atoms with E-state index in [2.05, 4.69) is 5.32 Å². The van der Waals surface area contributed by atoms with Crippen molar-refractivity contribution in [3.63, 3.8) is 0 Å². The van der Waals surface area contributed by atoms with Crippen LogP contribution in [0.2, 0.25) is 0 Å². The molecule has 1 aliphatic heterocycles. The fraction of sp³-hybridized carbons (Fsp3) is 0.400. The van der Waals surface area contributed by atoms with Crippen molar-refractivity contribution < 1.29 is 19.5 Å². The second-order valence-electron chi connectivity index (χ2n) is 5.16. The Kier molecular flexibility index (Phi) is 4.57. The van der Waals surface area contributed by atoms with Crippen molar-refractivity contribution >= 4 is 17.8 Å². The number of nitrogens with one attached hydrogen (secondary N) is 1. The Bertz CT molecular complexity index is 544. The van der Waals surface area contributed by atoms with E-state index in [-0.39, 0.29) is 18.2 Å². The van der Waals surface area contributed by atoms with Gasteiger partial charge in [0.25, 0.3) is 0 Å². The molecule has 0 bridgehead atoms. The normalized spacial score (nSPS) is 22.0. The predicted octanol–water partition coefficient (Wildman–Crippen LogP) is 0.419. The highest BCUT2D eigenvalue weighted by atomic mass is 16.4. The van der Waals surface area contributed by atoms with Crippen molar-refractivity contribution in [2.75, 3.05) is 7.05 Å². The Hall–Kier alpha value is -2.37. The Morgan fingerprint density at radius 2 is 1.95 bits per heavy atom. The lowest BCUT2D eigenvalue weighted by molar-refractivity contribution is -0.153. The average molecular weight is 290 g/mol. The Morgan fingerprint density at radius 3 is 2.57 bits per heavy atom. The van der Waals surface area contributed by atoms with Gasteiger partial charge in [-0.15, -0.1) is 0 Å². The van der Waals surface area contributed by atoms with Gasteiger partial charge in [-0.05, 0) is 18.4 Å². The number of aliphatic carboxylic acids is 1. The molecular weight excluding hydrogens is 272 g/mol. The molecule has 1 fully saturated rings. The minimum absolute atomic E-state index is 0.205. The van der Waals surface area contributed by atoms with Crippen LogP contribution < -0.4 is 5.32 Å². The third-order valence-electron chi connectivity index (χ3n) is 3.67. The SMILES string of the molecule is CN1C(=O)C(NC(=O)Cc2ccccc2)CCC1C(=O)O. The zero-order valence-electron chi connectivity index (χ0n) is 11.8. The molecule has 0 aromatic heterocycles. The molecule has 1 aromatic carbocycles. The van der Waals surface area contributed by atoms with E-state index in [1.54, 1.807) is 0 Å². The monoisotopic (exact) mass is 290 g/mol. The summed E-state index contributed by atoms with van der Waals surface area (Å²) >= 11 is 0. The maximum absolute atomic E-state index is 12.1. The van der Waals surface area contributed by atoms with E-state index in [1.165, 1.54) is 11.9 Å². The average Bonchev–Trinajstić information content (AvgIpc) is 2.44. The standard InChI is InChI=1S/C15H18N2O4/c1-17-12(15(20)21)8-7-11(14(17)19)16-13(18)9-10-5-3-2-4-6-10/h2-6,11-12H,7-9H2,1H3,(H,16,18)(H,20,21). The quantitative estimate of drug-likeness (QED) is 0.841. The largest absolute Gasteiger partial charge is 0.480 e. The first kappa shape index (κ1) is 15.0. The van der Waals surface area contributed by atoms with E-state index in [0.29, 0.717) is 12.8 Å². The maximum atomic E-state index is 12.1. The third kappa shape index (κ3) is 3.59. The molecule has 0 spiro atoms. The lowest BCUT2D eigenvalue weighted by Gasteiger charge is -2.34. The summed E-state index contributed by atoms with van der Waals surface area (Å²) in [5.41, 5.74) is 0.870. The van der Waals surface area contributed by atoms with Gasteiger partial charge in [-0.2, -0.15) is 0 Å². The molecule has 2 N–H and O–H groups in total. The predicted molar refractivity (Wildman–Crippen MR) is 75.5 cm³/mol. The number of nitrogens with zero attached hydrogens (tertiary/aromatic N) is 1. The first-order chi connectivity index (χ1) is 9.99. The van der Waals surface area contributed by atoms with E-state index < -0.39 is 18.1 Å². The van der Waals surface area contributed by atoms with Gasteiger partial charge < -0.3 is 15.3 Å². The topological polar surface area (TPSA) is 86.7 Å². The number of carboxylic acids is 1. The van der Waals surface area contributed by atoms with E-state index in [0.717, 1.165) is 5.56 Å². The second kappa shape index (κ2) is 6.39. The highest BCUT2D eigenvalue weighted by Crippen LogP contribution is 2.17. The molecule has 1 aliphatic rings. The van der Waals surface area contributed by atoms with E-state index >= 15 is 0 Å². The summed E-state index contributed by atoms with van der Waals surface area (Å²) in [6.45, 7) is 0. The number of benzene rings is 1. The summed E-state index contributed by atoms with van der Waals surface area (Å²) in [4.78, 5) is 36.2. The molecule has 6 heteroatoms. The fourth-order valence-corrected chi connectivity index (χ4v) is 2.49. The number of carboxylic acid groups (broad SMARTS) is 1. The highest BCUT2D eigenvalue weighted by molar-refractivity contribution is 5.91. The highest BCUT2D eigenvalue weighted by Gasteiger charge is 2.37. The number of rotatable bonds is 4. The van der Waals surface area contributed by atoms with Crippen LogP contribution in [0.25, 0.3) is 0 Å². The molecule has 0 aliphatic carbocycles. The minimum Gasteiger partial charge on any atom is -0.480 e.